The van der Waals surface area contributed by atoms with Gasteiger partial charge >= 0.3 is 0 Å². The highest BCUT2D eigenvalue weighted by Crippen LogP contribution is 2.36. The Bertz CT molecular complexity index is 435. The van der Waals surface area contributed by atoms with E-state index < -0.39 is 0 Å². The minimum atomic E-state index is 0.961. The Kier molecular flexibility index (Phi) is 2.93. The molecule has 1 aromatic heterocycles. The van der Waals surface area contributed by atoms with Crippen molar-refractivity contribution in [3.8, 4) is 0 Å². The molecule has 3 heteroatoms. The monoisotopic (exact) mass is 229 g/mol. The average molecular weight is 229 g/mol. The lowest BCUT2D eigenvalue weighted by Crippen LogP contribution is -2.31. The molecule has 1 aliphatic heterocycles. The minimum Gasteiger partial charge on any atom is -0.297 e. The summed E-state index contributed by atoms with van der Waals surface area (Å²) in [6, 6.07) is 0. The third-order valence-electron chi connectivity index (χ3n) is 3.82. The molecule has 0 unspecified atom stereocenters. The van der Waals surface area contributed by atoms with Gasteiger partial charge in [0.2, 0.25) is 0 Å². The molecular weight excluding hydrogens is 210 g/mol. The lowest BCUT2D eigenvalue weighted by atomic mass is 10.0. The van der Waals surface area contributed by atoms with Crippen molar-refractivity contribution in [3.63, 3.8) is 0 Å². The van der Waals surface area contributed by atoms with Crippen molar-refractivity contribution in [2.45, 2.75) is 39.2 Å². The molecule has 0 aromatic carbocycles. The van der Waals surface area contributed by atoms with Crippen molar-refractivity contribution in [2.24, 2.45) is 0 Å². The molecule has 0 amide bonds. The Balaban J connectivity index is 1.60. The molecule has 2 aliphatic rings. The SMILES string of the molecule is Cc1nccnc1CN1CCC(=C2CC2)CC1. The van der Waals surface area contributed by atoms with Crippen LogP contribution in [0.25, 0.3) is 0 Å². The first-order valence-electron chi connectivity index (χ1n) is 6.51. The first-order valence-corrected chi connectivity index (χ1v) is 6.51. The van der Waals surface area contributed by atoms with Crippen molar-refractivity contribution in [1.82, 2.24) is 14.9 Å². The van der Waals surface area contributed by atoms with Crippen molar-refractivity contribution in [2.75, 3.05) is 13.1 Å². The van der Waals surface area contributed by atoms with E-state index in [-0.39, 0.29) is 0 Å². The standard InChI is InChI=1S/C14H19N3/c1-11-14(16-7-6-15-11)10-17-8-4-13(5-9-17)12-2-3-12/h6-7H,2-5,8-10H2,1H3. The second-order valence-electron chi connectivity index (χ2n) is 5.07. The van der Waals surface area contributed by atoms with Gasteiger partial charge in [0.1, 0.15) is 0 Å². The first kappa shape index (κ1) is 10.9. The molecule has 3 nitrogen and oxygen atoms in total. The van der Waals surface area contributed by atoms with Crippen molar-refractivity contribution < 1.29 is 0 Å². The quantitative estimate of drug-likeness (QED) is 0.729. The van der Waals surface area contributed by atoms with Gasteiger partial charge in [-0.25, -0.2) is 0 Å². The molecule has 1 aromatic rings. The van der Waals surface area contributed by atoms with Gasteiger partial charge < -0.3 is 0 Å². The summed E-state index contributed by atoms with van der Waals surface area (Å²) in [5, 5.41) is 0. The third kappa shape index (κ3) is 2.55. The molecular formula is C14H19N3. The van der Waals surface area contributed by atoms with Gasteiger partial charge in [0, 0.05) is 32.0 Å². The van der Waals surface area contributed by atoms with Gasteiger partial charge in [-0.1, -0.05) is 11.1 Å². The zero-order valence-electron chi connectivity index (χ0n) is 10.4. The third-order valence-corrected chi connectivity index (χ3v) is 3.82. The zero-order chi connectivity index (χ0) is 11.7. The summed E-state index contributed by atoms with van der Waals surface area (Å²) >= 11 is 0. The van der Waals surface area contributed by atoms with Crippen molar-refractivity contribution >= 4 is 0 Å². The lowest BCUT2D eigenvalue weighted by molar-refractivity contribution is 0.244. The van der Waals surface area contributed by atoms with Crippen LogP contribution in [0.5, 0.6) is 0 Å². The molecule has 90 valence electrons. The van der Waals surface area contributed by atoms with Gasteiger partial charge in [-0.3, -0.25) is 14.9 Å². The molecule has 2 fully saturated rings. The summed E-state index contributed by atoms with van der Waals surface area (Å²) in [4.78, 5) is 11.2. The molecule has 0 N–H and O–H groups in total. The van der Waals surface area contributed by atoms with Crippen LogP contribution in [-0.2, 0) is 6.54 Å². The average Bonchev–Trinajstić information content (AvgIpc) is 3.17. The van der Waals surface area contributed by atoms with Crippen molar-refractivity contribution in [1.29, 1.82) is 0 Å². The van der Waals surface area contributed by atoms with Crippen LogP contribution >= 0.6 is 0 Å². The molecule has 0 bridgehead atoms. The van der Waals surface area contributed by atoms with Gasteiger partial charge in [0.15, 0.2) is 0 Å². The normalized spacial score (nSPS) is 20.8. The van der Waals surface area contributed by atoms with Crippen LogP contribution in [0.1, 0.15) is 37.1 Å². The predicted molar refractivity (Wildman–Crippen MR) is 67.5 cm³/mol. The van der Waals surface area contributed by atoms with Gasteiger partial charge in [0.05, 0.1) is 11.4 Å². The highest BCUT2D eigenvalue weighted by Gasteiger charge is 2.22. The Morgan fingerprint density at radius 1 is 1.00 bits per heavy atom. The fourth-order valence-corrected chi connectivity index (χ4v) is 2.55. The van der Waals surface area contributed by atoms with E-state index in [0.717, 1.165) is 17.9 Å². The summed E-state index contributed by atoms with van der Waals surface area (Å²) < 4.78 is 0. The summed E-state index contributed by atoms with van der Waals surface area (Å²) in [7, 11) is 0. The van der Waals surface area contributed by atoms with E-state index in [9.17, 15) is 0 Å². The molecule has 2 heterocycles. The number of likely N-dealkylation sites (tertiary alicyclic amines) is 1. The Hall–Kier alpha value is -1.22. The smallest absolute Gasteiger partial charge is 0.0756 e. The second-order valence-corrected chi connectivity index (χ2v) is 5.07. The fraction of sp³-hybridized carbons (Fsp3) is 0.571. The van der Waals surface area contributed by atoms with E-state index in [1.165, 1.54) is 38.8 Å². The molecule has 3 rings (SSSR count). The van der Waals surface area contributed by atoms with Crippen LogP contribution in [0, 0.1) is 6.92 Å². The van der Waals surface area contributed by atoms with Gasteiger partial charge in [-0.2, -0.15) is 0 Å². The highest BCUT2D eigenvalue weighted by molar-refractivity contribution is 5.26. The van der Waals surface area contributed by atoms with E-state index in [1.807, 2.05) is 6.92 Å². The lowest BCUT2D eigenvalue weighted by Gasteiger charge is -2.28. The largest absolute Gasteiger partial charge is 0.297 e. The summed E-state index contributed by atoms with van der Waals surface area (Å²) in [5.41, 5.74) is 5.70. The minimum absolute atomic E-state index is 0.961. The van der Waals surface area contributed by atoms with Crippen LogP contribution in [-0.4, -0.2) is 28.0 Å². The van der Waals surface area contributed by atoms with E-state index in [2.05, 4.69) is 14.9 Å². The summed E-state index contributed by atoms with van der Waals surface area (Å²) in [6.45, 7) is 5.38. The number of allylic oxidation sites excluding steroid dienone is 1. The van der Waals surface area contributed by atoms with E-state index >= 15 is 0 Å². The first-order chi connectivity index (χ1) is 8.33. The number of hydrogen-bond donors (Lipinski definition) is 0. The van der Waals surface area contributed by atoms with E-state index in [4.69, 9.17) is 0 Å². The topological polar surface area (TPSA) is 29.0 Å². The number of rotatable bonds is 2. The molecule has 17 heavy (non-hydrogen) atoms. The molecule has 0 atom stereocenters. The summed E-state index contributed by atoms with van der Waals surface area (Å²) in [5.74, 6) is 0. The summed E-state index contributed by atoms with van der Waals surface area (Å²) in [6.07, 6.45) is 8.86. The van der Waals surface area contributed by atoms with E-state index in [1.54, 1.807) is 23.5 Å². The number of aryl methyl sites for hydroxylation is 1. The number of aromatic nitrogens is 2. The molecule has 1 aliphatic carbocycles. The van der Waals surface area contributed by atoms with Crippen LogP contribution in [0.15, 0.2) is 23.5 Å². The number of hydrogen-bond acceptors (Lipinski definition) is 3. The molecule has 1 saturated carbocycles. The number of piperidine rings is 1. The predicted octanol–water partition coefficient (Wildman–Crippen LogP) is 2.47. The van der Waals surface area contributed by atoms with Crippen LogP contribution < -0.4 is 0 Å². The fourth-order valence-electron chi connectivity index (χ4n) is 2.55. The van der Waals surface area contributed by atoms with Gasteiger partial charge in [-0.15, -0.1) is 0 Å². The maximum Gasteiger partial charge on any atom is 0.0756 e. The maximum absolute atomic E-state index is 4.42. The van der Waals surface area contributed by atoms with Crippen molar-refractivity contribution in [3.05, 3.63) is 34.9 Å². The number of nitrogens with zero attached hydrogens (tertiary/aromatic N) is 3. The van der Waals surface area contributed by atoms with Gasteiger partial charge in [0.25, 0.3) is 0 Å². The zero-order valence-corrected chi connectivity index (χ0v) is 10.4. The molecule has 0 radical (unpaired) electrons. The van der Waals surface area contributed by atoms with E-state index in [0.29, 0.717) is 0 Å². The Morgan fingerprint density at radius 3 is 2.29 bits per heavy atom. The van der Waals surface area contributed by atoms with Gasteiger partial charge in [-0.05, 0) is 32.6 Å². The van der Waals surface area contributed by atoms with Crippen LogP contribution in [0.2, 0.25) is 0 Å². The maximum atomic E-state index is 4.42. The molecule has 1 saturated heterocycles. The highest BCUT2D eigenvalue weighted by atomic mass is 15.1. The molecule has 0 spiro atoms. The van der Waals surface area contributed by atoms with Crippen LogP contribution in [0.4, 0.5) is 0 Å². The Labute approximate surface area is 103 Å². The Morgan fingerprint density at radius 2 is 1.65 bits per heavy atom. The second kappa shape index (κ2) is 4.57. The van der Waals surface area contributed by atoms with Crippen LogP contribution in [0.3, 0.4) is 0 Å².